The quantitative estimate of drug-likeness (QED) is 0.540. The van der Waals surface area contributed by atoms with Gasteiger partial charge in [-0.3, -0.25) is 4.90 Å². The number of likely N-dealkylation sites (tertiary alicyclic amines) is 1. The zero-order valence-electron chi connectivity index (χ0n) is 16.7. The minimum atomic E-state index is -4.23. The number of hydrogen-bond acceptors (Lipinski definition) is 6. The van der Waals surface area contributed by atoms with Crippen molar-refractivity contribution in [1.82, 2.24) is 10.4 Å². The highest BCUT2D eigenvalue weighted by Gasteiger charge is 2.35. The van der Waals surface area contributed by atoms with Crippen LogP contribution < -0.4 is 10.3 Å². The highest BCUT2D eigenvalue weighted by atomic mass is 19.4. The van der Waals surface area contributed by atoms with E-state index in [2.05, 4.69) is 15.4 Å². The number of alkyl halides is 3. The first-order valence-corrected chi connectivity index (χ1v) is 9.29. The molecular weight excluding hydrogens is 391 g/mol. The Balaban J connectivity index is 1.97. The minimum Gasteiger partial charge on any atom is -0.451 e. The van der Waals surface area contributed by atoms with Gasteiger partial charge in [-0.2, -0.15) is 18.7 Å². The van der Waals surface area contributed by atoms with Crippen molar-refractivity contribution in [3.63, 3.8) is 0 Å². The zero-order chi connectivity index (χ0) is 21.4. The minimum absolute atomic E-state index is 0.0898. The van der Waals surface area contributed by atoms with Crippen LogP contribution in [-0.2, 0) is 9.57 Å². The van der Waals surface area contributed by atoms with E-state index in [-0.39, 0.29) is 12.6 Å². The smallest absolute Gasteiger partial charge is 0.440 e. The molecule has 1 N–H and O–H groups in total. The Labute approximate surface area is 167 Å². The van der Waals surface area contributed by atoms with Crippen LogP contribution in [0.5, 0.6) is 5.75 Å². The number of nitrogens with zero attached hydrogens (tertiary/aromatic N) is 2. The summed E-state index contributed by atoms with van der Waals surface area (Å²) in [5, 5.41) is 4.04. The third-order valence-electron chi connectivity index (χ3n) is 4.64. The molecule has 1 amide bonds. The van der Waals surface area contributed by atoms with Crippen LogP contribution in [-0.4, -0.2) is 55.7 Å². The Morgan fingerprint density at radius 3 is 2.79 bits per heavy atom. The van der Waals surface area contributed by atoms with E-state index in [0.29, 0.717) is 30.0 Å². The summed E-state index contributed by atoms with van der Waals surface area (Å²) in [6.45, 7) is 3.08. The van der Waals surface area contributed by atoms with Crippen LogP contribution in [0.4, 0.5) is 18.0 Å². The number of hydroxylamine groups is 1. The number of carbonyl (C=O) groups excluding carboxylic acids is 1. The second kappa shape index (κ2) is 10.3. The normalized spacial score (nSPS) is 18.3. The molecule has 0 spiro atoms. The number of rotatable bonds is 7. The average molecular weight is 417 g/mol. The van der Waals surface area contributed by atoms with Crippen LogP contribution in [0.25, 0.3) is 0 Å². The average Bonchev–Trinajstić information content (AvgIpc) is 2.67. The van der Waals surface area contributed by atoms with Gasteiger partial charge in [-0.25, -0.2) is 4.79 Å². The molecule has 1 aromatic rings. The predicted octanol–water partition coefficient (Wildman–Crippen LogP) is 3.80. The maximum atomic E-state index is 12.7. The lowest BCUT2D eigenvalue weighted by molar-refractivity contribution is -0.156. The molecule has 0 bridgehead atoms. The maximum absolute atomic E-state index is 12.7. The number of hydrogen-bond donors (Lipinski definition) is 1. The second-order valence-electron chi connectivity index (χ2n) is 6.88. The summed E-state index contributed by atoms with van der Waals surface area (Å²) in [4.78, 5) is 23.1. The molecule has 0 radical (unpaired) electrons. The number of halogens is 3. The molecule has 7 nitrogen and oxygen atoms in total. The molecule has 2 rings (SSSR count). The van der Waals surface area contributed by atoms with Crippen molar-refractivity contribution in [1.29, 1.82) is 0 Å². The Bertz CT molecular complexity index is 725. The van der Waals surface area contributed by atoms with Crippen LogP contribution in [0.1, 0.15) is 37.3 Å². The van der Waals surface area contributed by atoms with E-state index in [1.165, 1.54) is 12.0 Å². The van der Waals surface area contributed by atoms with Gasteiger partial charge in [0.05, 0.1) is 19.4 Å². The zero-order valence-corrected chi connectivity index (χ0v) is 16.7. The fourth-order valence-corrected chi connectivity index (χ4v) is 3.03. The van der Waals surface area contributed by atoms with Gasteiger partial charge >= 0.3 is 12.3 Å². The number of amides is 1. The lowest BCUT2D eigenvalue weighted by atomic mass is 10.0. The summed E-state index contributed by atoms with van der Waals surface area (Å²) in [6, 6.07) is 4.95. The van der Waals surface area contributed by atoms with Crippen molar-refractivity contribution in [3.8, 4) is 5.75 Å². The van der Waals surface area contributed by atoms with E-state index in [1.807, 2.05) is 0 Å². The summed E-state index contributed by atoms with van der Waals surface area (Å²) in [7, 11) is 1.22. The second-order valence-corrected chi connectivity index (χ2v) is 6.88. The Morgan fingerprint density at radius 2 is 2.10 bits per heavy atom. The molecule has 1 aliphatic rings. The van der Waals surface area contributed by atoms with Gasteiger partial charge in [-0.15, -0.1) is 0 Å². The maximum Gasteiger partial charge on any atom is 0.440 e. The van der Waals surface area contributed by atoms with E-state index in [4.69, 9.17) is 9.68 Å². The van der Waals surface area contributed by atoms with Crippen LogP contribution in [0, 0.1) is 6.92 Å². The first kappa shape index (κ1) is 22.8. The van der Waals surface area contributed by atoms with Gasteiger partial charge in [0, 0.05) is 11.6 Å². The summed E-state index contributed by atoms with van der Waals surface area (Å²) in [5.74, 6) is 0.408. The monoisotopic (exact) mass is 417 g/mol. The number of carbonyl (C=O) groups is 1. The number of aryl methyl sites for hydroxylation is 1. The van der Waals surface area contributed by atoms with Crippen molar-refractivity contribution >= 4 is 11.8 Å². The molecule has 1 atom stereocenters. The molecule has 162 valence electrons. The van der Waals surface area contributed by atoms with Crippen molar-refractivity contribution in [2.75, 3.05) is 26.8 Å². The molecule has 10 heteroatoms. The first-order valence-electron chi connectivity index (χ1n) is 9.29. The van der Waals surface area contributed by atoms with Crippen LogP contribution in [0.15, 0.2) is 23.4 Å². The highest BCUT2D eigenvalue weighted by molar-refractivity contribution is 5.98. The topological polar surface area (TPSA) is 72.4 Å². The molecule has 1 unspecified atom stereocenters. The fraction of sp³-hybridized carbons (Fsp3) is 0.579. The van der Waals surface area contributed by atoms with E-state index in [0.717, 1.165) is 18.4 Å². The van der Waals surface area contributed by atoms with E-state index in [9.17, 15) is 18.0 Å². The molecule has 0 saturated carbocycles. The van der Waals surface area contributed by atoms with Crippen molar-refractivity contribution in [3.05, 3.63) is 29.3 Å². The summed E-state index contributed by atoms with van der Waals surface area (Å²) in [5.41, 5.74) is 4.14. The lowest BCUT2D eigenvalue weighted by Gasteiger charge is -2.35. The van der Waals surface area contributed by atoms with Gasteiger partial charge in [0.1, 0.15) is 6.61 Å². The first-order chi connectivity index (χ1) is 13.7. The van der Waals surface area contributed by atoms with Crippen molar-refractivity contribution in [2.45, 2.75) is 45.3 Å². The number of methoxy groups -OCH3 is 1. The number of oxime groups is 1. The van der Waals surface area contributed by atoms with Gasteiger partial charge in [0.25, 0.3) is 0 Å². The lowest BCUT2D eigenvalue weighted by Crippen LogP contribution is -2.46. The number of ether oxygens (including phenoxy) is 1. The third kappa shape index (κ3) is 7.45. The molecule has 0 aliphatic carbocycles. The van der Waals surface area contributed by atoms with Gasteiger partial charge < -0.3 is 14.4 Å². The number of nitrogens with one attached hydrogen (secondary N) is 1. The largest absolute Gasteiger partial charge is 0.451 e. The fourth-order valence-electron chi connectivity index (χ4n) is 3.03. The molecule has 29 heavy (non-hydrogen) atoms. The van der Waals surface area contributed by atoms with Gasteiger partial charge in [0.2, 0.25) is 0 Å². The third-order valence-corrected chi connectivity index (χ3v) is 4.64. The molecule has 1 saturated heterocycles. The van der Waals surface area contributed by atoms with Crippen LogP contribution >= 0.6 is 0 Å². The summed E-state index contributed by atoms with van der Waals surface area (Å²) >= 11 is 0. The van der Waals surface area contributed by atoms with Gasteiger partial charge in [-0.1, -0.05) is 23.7 Å². The SMILES string of the molecule is COC(=O)NOc1cc(/C(C)=N/OCC2CCCCN2CC(F)(F)F)ccc1C. The van der Waals surface area contributed by atoms with Crippen molar-refractivity contribution < 1.29 is 32.4 Å². The Hall–Kier alpha value is -2.49. The molecule has 1 heterocycles. The van der Waals surface area contributed by atoms with Crippen LogP contribution in [0.2, 0.25) is 0 Å². The molecule has 1 fully saturated rings. The highest BCUT2D eigenvalue weighted by Crippen LogP contribution is 2.24. The number of piperidine rings is 1. The molecular formula is C19H26F3N3O4. The molecule has 0 aromatic heterocycles. The summed E-state index contributed by atoms with van der Waals surface area (Å²) < 4.78 is 42.7. The Kier molecular flexibility index (Phi) is 8.12. The summed E-state index contributed by atoms with van der Waals surface area (Å²) in [6.07, 6.45) is -2.70. The Morgan fingerprint density at radius 1 is 1.34 bits per heavy atom. The van der Waals surface area contributed by atoms with E-state index >= 15 is 0 Å². The van der Waals surface area contributed by atoms with Gasteiger partial charge in [0.15, 0.2) is 5.75 Å². The van der Waals surface area contributed by atoms with Gasteiger partial charge in [-0.05, 0) is 44.9 Å². The van der Waals surface area contributed by atoms with E-state index in [1.54, 1.807) is 32.0 Å². The van der Waals surface area contributed by atoms with E-state index < -0.39 is 18.8 Å². The van der Waals surface area contributed by atoms with Crippen molar-refractivity contribution in [2.24, 2.45) is 5.16 Å². The predicted molar refractivity (Wildman–Crippen MR) is 101 cm³/mol. The standard InChI is InChI=1S/C19H26F3N3O4/c1-13-7-8-15(10-17(13)29-24-18(26)27-3)14(2)23-28-11-16-6-4-5-9-25(16)12-19(20,21)22/h7-8,10,16H,4-6,9,11-12H2,1-3H3,(H,24,26)/b23-14+. The number of benzene rings is 1. The molecule has 1 aliphatic heterocycles. The molecule has 1 aromatic carbocycles. The van der Waals surface area contributed by atoms with Crippen LogP contribution in [0.3, 0.4) is 0 Å².